The third kappa shape index (κ3) is 3.77. The highest BCUT2D eigenvalue weighted by Gasteiger charge is 2.32. The van der Waals surface area contributed by atoms with Crippen LogP contribution in [0, 0.1) is 6.92 Å². The summed E-state index contributed by atoms with van der Waals surface area (Å²) in [5, 5.41) is 4.59. The van der Waals surface area contributed by atoms with E-state index in [-0.39, 0.29) is 18.2 Å². The van der Waals surface area contributed by atoms with Crippen molar-refractivity contribution in [1.82, 2.24) is 14.7 Å². The summed E-state index contributed by atoms with van der Waals surface area (Å²) in [6.45, 7) is 4.93. The van der Waals surface area contributed by atoms with E-state index in [0.29, 0.717) is 25.1 Å². The van der Waals surface area contributed by atoms with Gasteiger partial charge in [-0.05, 0) is 54.0 Å². The first kappa shape index (κ1) is 20.3. The zero-order chi connectivity index (χ0) is 21.3. The van der Waals surface area contributed by atoms with Gasteiger partial charge in [0.2, 0.25) is 0 Å². The van der Waals surface area contributed by atoms with Crippen molar-refractivity contribution in [2.24, 2.45) is 0 Å². The van der Waals surface area contributed by atoms with Crippen molar-refractivity contribution in [1.29, 1.82) is 0 Å². The number of rotatable bonds is 4. The van der Waals surface area contributed by atoms with E-state index >= 15 is 0 Å². The smallest absolute Gasteiger partial charge is 0.359 e. The van der Waals surface area contributed by atoms with Crippen molar-refractivity contribution < 1.29 is 14.3 Å². The highest BCUT2D eigenvalue weighted by atomic mass is 79.9. The van der Waals surface area contributed by atoms with E-state index in [0.717, 1.165) is 27.0 Å². The molecule has 0 fully saturated rings. The average Bonchev–Trinajstić information content (AvgIpc) is 3.13. The number of aryl methyl sites for hydroxylation is 1. The van der Waals surface area contributed by atoms with Crippen LogP contribution < -0.4 is 0 Å². The van der Waals surface area contributed by atoms with E-state index in [1.807, 2.05) is 49.4 Å². The summed E-state index contributed by atoms with van der Waals surface area (Å²) in [5.74, 6) is -0.541. The summed E-state index contributed by atoms with van der Waals surface area (Å²) in [5.41, 5.74) is 4.61. The van der Waals surface area contributed by atoms with Crippen molar-refractivity contribution >= 4 is 27.8 Å². The summed E-state index contributed by atoms with van der Waals surface area (Å²) in [7, 11) is 0. The van der Waals surface area contributed by atoms with E-state index in [2.05, 4.69) is 21.0 Å². The van der Waals surface area contributed by atoms with Gasteiger partial charge in [-0.3, -0.25) is 4.79 Å². The fourth-order valence-electron chi connectivity index (χ4n) is 3.66. The zero-order valence-electron chi connectivity index (χ0n) is 16.9. The first-order valence-electron chi connectivity index (χ1n) is 9.88. The van der Waals surface area contributed by atoms with Crippen LogP contribution in [0.25, 0.3) is 5.69 Å². The molecular weight excluding hydrogens is 446 g/mol. The molecule has 0 atom stereocenters. The Morgan fingerprint density at radius 2 is 1.87 bits per heavy atom. The molecule has 4 rings (SSSR count). The molecule has 154 valence electrons. The normalized spacial score (nSPS) is 13.1. The molecule has 1 amide bonds. The lowest BCUT2D eigenvalue weighted by Gasteiger charge is -2.28. The number of nitrogens with zero attached hydrogens (tertiary/aromatic N) is 3. The minimum absolute atomic E-state index is 0.0778. The van der Waals surface area contributed by atoms with Gasteiger partial charge in [-0.1, -0.05) is 29.8 Å². The number of fused-ring (bicyclic) bond motifs is 1. The maximum atomic E-state index is 13.1. The molecule has 2 heterocycles. The van der Waals surface area contributed by atoms with Crippen molar-refractivity contribution in [3.05, 3.63) is 81.1 Å². The topological polar surface area (TPSA) is 64.4 Å². The fraction of sp³-hybridized carbons (Fsp3) is 0.261. The molecule has 30 heavy (non-hydrogen) atoms. The first-order valence-corrected chi connectivity index (χ1v) is 10.7. The first-order chi connectivity index (χ1) is 14.5. The molecule has 1 aliphatic heterocycles. The summed E-state index contributed by atoms with van der Waals surface area (Å²) < 4.78 is 7.79. The number of hydrogen-bond acceptors (Lipinski definition) is 4. The van der Waals surface area contributed by atoms with Gasteiger partial charge < -0.3 is 9.64 Å². The highest BCUT2D eigenvalue weighted by Crippen LogP contribution is 2.28. The van der Waals surface area contributed by atoms with Crippen LogP contribution in [-0.4, -0.2) is 39.7 Å². The van der Waals surface area contributed by atoms with Crippen LogP contribution in [0.2, 0.25) is 0 Å². The van der Waals surface area contributed by atoms with Crippen LogP contribution in [0.3, 0.4) is 0 Å². The Labute approximate surface area is 183 Å². The largest absolute Gasteiger partial charge is 0.461 e. The van der Waals surface area contributed by atoms with Gasteiger partial charge in [0.15, 0.2) is 5.69 Å². The van der Waals surface area contributed by atoms with Gasteiger partial charge in [0.25, 0.3) is 5.91 Å². The standard InChI is InChI=1S/C23H22BrN3O3/c1-3-30-23(29)21-18-14-26(22(28)17-6-4-5-7-19(17)24)13-12-20(18)27(25-21)16-10-8-15(2)9-11-16/h4-11H,3,12-14H2,1-2H3. The Morgan fingerprint density at radius 3 is 2.57 bits per heavy atom. The molecule has 0 radical (unpaired) electrons. The van der Waals surface area contributed by atoms with Crippen molar-refractivity contribution in [3.8, 4) is 5.69 Å². The SMILES string of the molecule is CCOC(=O)c1nn(-c2ccc(C)cc2)c2c1CN(C(=O)c1ccccc1Br)CC2. The number of ether oxygens (including phenoxy) is 1. The summed E-state index contributed by atoms with van der Waals surface area (Å²) in [6.07, 6.45) is 0.603. The van der Waals surface area contributed by atoms with E-state index in [1.54, 1.807) is 22.6 Å². The molecule has 1 aliphatic rings. The number of amides is 1. The lowest BCUT2D eigenvalue weighted by atomic mass is 10.0. The lowest BCUT2D eigenvalue weighted by molar-refractivity contribution is 0.0513. The second kappa shape index (κ2) is 8.44. The summed E-state index contributed by atoms with van der Waals surface area (Å²) in [6, 6.07) is 15.4. The Morgan fingerprint density at radius 1 is 1.13 bits per heavy atom. The van der Waals surface area contributed by atoms with Gasteiger partial charge in [-0.2, -0.15) is 5.10 Å². The Bertz CT molecular complexity index is 1110. The highest BCUT2D eigenvalue weighted by molar-refractivity contribution is 9.10. The molecule has 0 bridgehead atoms. The van der Waals surface area contributed by atoms with Gasteiger partial charge in [-0.25, -0.2) is 9.48 Å². The van der Waals surface area contributed by atoms with Gasteiger partial charge in [0, 0.05) is 23.0 Å². The van der Waals surface area contributed by atoms with Crippen molar-refractivity contribution in [3.63, 3.8) is 0 Å². The number of carbonyl (C=O) groups is 2. The third-order valence-corrected chi connectivity index (χ3v) is 5.89. The van der Waals surface area contributed by atoms with Gasteiger partial charge in [0.05, 0.1) is 30.1 Å². The number of benzene rings is 2. The van der Waals surface area contributed by atoms with Gasteiger partial charge in [-0.15, -0.1) is 0 Å². The van der Waals surface area contributed by atoms with Crippen molar-refractivity contribution in [2.75, 3.05) is 13.2 Å². The average molecular weight is 468 g/mol. The predicted molar refractivity (Wildman–Crippen MR) is 117 cm³/mol. The van der Waals surface area contributed by atoms with Gasteiger partial charge >= 0.3 is 5.97 Å². The van der Waals surface area contributed by atoms with Crippen LogP contribution in [0.15, 0.2) is 53.0 Å². The second-order valence-corrected chi connectivity index (χ2v) is 8.05. The predicted octanol–water partition coefficient (Wildman–Crippen LogP) is 4.32. The van der Waals surface area contributed by atoms with E-state index < -0.39 is 5.97 Å². The molecular formula is C23H22BrN3O3. The molecule has 0 saturated carbocycles. The number of hydrogen-bond donors (Lipinski definition) is 0. The number of carbonyl (C=O) groups excluding carboxylic acids is 2. The van der Waals surface area contributed by atoms with Gasteiger partial charge in [0.1, 0.15) is 0 Å². The minimum atomic E-state index is -0.463. The molecule has 0 N–H and O–H groups in total. The fourth-order valence-corrected chi connectivity index (χ4v) is 4.11. The molecule has 0 spiro atoms. The Hall–Kier alpha value is -2.93. The van der Waals surface area contributed by atoms with Crippen LogP contribution in [0.4, 0.5) is 0 Å². The van der Waals surface area contributed by atoms with Crippen LogP contribution in [0.1, 0.15) is 44.6 Å². The van der Waals surface area contributed by atoms with Crippen LogP contribution >= 0.6 is 15.9 Å². The molecule has 0 saturated heterocycles. The molecule has 0 aliphatic carbocycles. The number of aromatic nitrogens is 2. The maximum Gasteiger partial charge on any atom is 0.359 e. The zero-order valence-corrected chi connectivity index (χ0v) is 18.5. The summed E-state index contributed by atoms with van der Waals surface area (Å²) in [4.78, 5) is 27.5. The second-order valence-electron chi connectivity index (χ2n) is 7.20. The summed E-state index contributed by atoms with van der Waals surface area (Å²) >= 11 is 3.46. The monoisotopic (exact) mass is 467 g/mol. The Balaban J connectivity index is 1.73. The van der Waals surface area contributed by atoms with E-state index in [4.69, 9.17) is 4.74 Å². The lowest BCUT2D eigenvalue weighted by Crippen LogP contribution is -2.37. The maximum absolute atomic E-state index is 13.1. The molecule has 3 aromatic rings. The molecule has 7 heteroatoms. The van der Waals surface area contributed by atoms with Crippen molar-refractivity contribution in [2.45, 2.75) is 26.8 Å². The van der Waals surface area contributed by atoms with Crippen LogP contribution in [-0.2, 0) is 17.7 Å². The van der Waals surface area contributed by atoms with E-state index in [9.17, 15) is 9.59 Å². The number of esters is 1. The molecule has 6 nitrogen and oxygen atoms in total. The number of halogens is 1. The quantitative estimate of drug-likeness (QED) is 0.536. The van der Waals surface area contributed by atoms with E-state index in [1.165, 1.54) is 0 Å². The van der Waals surface area contributed by atoms with Crippen LogP contribution in [0.5, 0.6) is 0 Å². The molecule has 1 aromatic heterocycles. The minimum Gasteiger partial charge on any atom is -0.461 e. The third-order valence-electron chi connectivity index (χ3n) is 5.20. The molecule has 2 aromatic carbocycles. The molecule has 0 unspecified atom stereocenters. The Kier molecular flexibility index (Phi) is 5.72.